The highest BCUT2D eigenvalue weighted by molar-refractivity contribution is 6.66. The summed E-state index contributed by atoms with van der Waals surface area (Å²) < 4.78 is 32.6. The molecule has 0 spiro atoms. The van der Waals surface area contributed by atoms with Crippen LogP contribution in [0.1, 0.15) is 118 Å². The van der Waals surface area contributed by atoms with Gasteiger partial charge in [0.15, 0.2) is 0 Å². The standard InChI is InChI=1S/C22H48O3Si.C5H12O3Si/c1-5-9-10-11-12-13-14-15-16-17-18-19-20-21-22-26(23-6-2,24-7-3)25-8-4;1-5-9(6-2,7-3)8-4/h5-22H2,1-4H3;5H,1H2,2-4H3. The lowest BCUT2D eigenvalue weighted by atomic mass is 10.0. The molecule has 212 valence electrons. The van der Waals surface area contributed by atoms with Crippen LogP contribution >= 0.6 is 0 Å². The Labute approximate surface area is 221 Å². The van der Waals surface area contributed by atoms with Gasteiger partial charge in [0.05, 0.1) is 0 Å². The van der Waals surface area contributed by atoms with Gasteiger partial charge in [0.2, 0.25) is 0 Å². The fourth-order valence-corrected chi connectivity index (χ4v) is 7.72. The molecular weight excluding hydrogens is 476 g/mol. The molecule has 0 aliphatic heterocycles. The van der Waals surface area contributed by atoms with Gasteiger partial charge >= 0.3 is 17.6 Å². The Morgan fingerprint density at radius 2 is 0.829 bits per heavy atom. The Hall–Kier alpha value is -0.0662. The van der Waals surface area contributed by atoms with E-state index in [1.54, 1.807) is 27.0 Å². The predicted molar refractivity (Wildman–Crippen MR) is 153 cm³/mol. The van der Waals surface area contributed by atoms with Gasteiger partial charge in [0.1, 0.15) is 0 Å². The van der Waals surface area contributed by atoms with E-state index in [2.05, 4.69) is 13.5 Å². The van der Waals surface area contributed by atoms with E-state index < -0.39 is 17.6 Å². The molecule has 0 amide bonds. The van der Waals surface area contributed by atoms with Gasteiger partial charge in [-0.2, -0.15) is 0 Å². The van der Waals surface area contributed by atoms with Gasteiger partial charge in [-0.1, -0.05) is 97.0 Å². The normalized spacial score (nSPS) is 11.9. The summed E-state index contributed by atoms with van der Waals surface area (Å²) >= 11 is 0. The van der Waals surface area contributed by atoms with Crippen LogP contribution < -0.4 is 0 Å². The maximum Gasteiger partial charge on any atom is 0.528 e. The summed E-state index contributed by atoms with van der Waals surface area (Å²) in [6.45, 7) is 14.0. The smallest absolute Gasteiger partial charge is 0.374 e. The molecule has 0 aromatic heterocycles. The highest BCUT2D eigenvalue weighted by atomic mass is 28.4. The summed E-state index contributed by atoms with van der Waals surface area (Å²) in [5, 5.41) is 0. The van der Waals surface area contributed by atoms with Crippen LogP contribution in [0.2, 0.25) is 6.04 Å². The van der Waals surface area contributed by atoms with Crippen molar-refractivity contribution in [1.82, 2.24) is 0 Å². The van der Waals surface area contributed by atoms with Gasteiger partial charge in [-0.3, -0.25) is 0 Å². The SMILES string of the molecule is C=C[Si](OC)(OC)OC.CCCCCCCCCCCCCCCC[Si](OCC)(OCC)OCC. The van der Waals surface area contributed by atoms with Crippen LogP contribution in [-0.4, -0.2) is 58.8 Å². The van der Waals surface area contributed by atoms with E-state index in [9.17, 15) is 0 Å². The molecule has 0 aromatic rings. The first-order chi connectivity index (χ1) is 17.0. The molecule has 0 saturated carbocycles. The quantitative estimate of drug-likeness (QED) is 0.0867. The summed E-state index contributed by atoms with van der Waals surface area (Å²) in [5.74, 6) is 0. The van der Waals surface area contributed by atoms with Gasteiger partial charge in [-0.25, -0.2) is 0 Å². The summed E-state index contributed by atoms with van der Waals surface area (Å²) in [6, 6.07) is 0.973. The molecule has 35 heavy (non-hydrogen) atoms. The molecule has 0 bridgehead atoms. The van der Waals surface area contributed by atoms with Crippen molar-refractivity contribution in [2.24, 2.45) is 0 Å². The maximum absolute atomic E-state index is 5.92. The van der Waals surface area contributed by atoms with Crippen LogP contribution in [0.15, 0.2) is 12.3 Å². The molecule has 0 aliphatic carbocycles. The van der Waals surface area contributed by atoms with Gasteiger partial charge in [-0.15, -0.1) is 0 Å². The molecule has 0 aliphatic rings. The van der Waals surface area contributed by atoms with Crippen molar-refractivity contribution in [2.45, 2.75) is 124 Å². The average Bonchev–Trinajstić information content (AvgIpc) is 2.87. The fraction of sp³-hybridized carbons (Fsp3) is 0.926. The molecule has 0 heterocycles. The first-order valence-electron chi connectivity index (χ1n) is 14.2. The minimum atomic E-state index is -2.43. The van der Waals surface area contributed by atoms with E-state index >= 15 is 0 Å². The Bertz CT molecular complexity index is 411. The summed E-state index contributed by atoms with van der Waals surface area (Å²) in [7, 11) is -0.198. The van der Waals surface area contributed by atoms with Crippen LogP contribution in [-0.2, 0) is 26.6 Å². The van der Waals surface area contributed by atoms with Gasteiger partial charge in [-0.05, 0) is 32.9 Å². The first-order valence-corrected chi connectivity index (χ1v) is 17.9. The molecule has 8 heteroatoms. The highest BCUT2D eigenvalue weighted by Crippen LogP contribution is 2.21. The maximum atomic E-state index is 5.92. The molecule has 0 rings (SSSR count). The fourth-order valence-electron chi connectivity index (χ4n) is 4.04. The molecule has 0 fully saturated rings. The number of hydrogen-bond donors (Lipinski definition) is 0. The second kappa shape index (κ2) is 27.0. The molecule has 6 nitrogen and oxygen atoms in total. The average molecular weight is 537 g/mol. The molecule has 0 saturated heterocycles. The number of rotatable bonds is 25. The van der Waals surface area contributed by atoms with Crippen molar-refractivity contribution in [3.05, 3.63) is 12.3 Å². The van der Waals surface area contributed by atoms with Crippen molar-refractivity contribution >= 4 is 17.6 Å². The Kier molecular flexibility index (Phi) is 28.6. The van der Waals surface area contributed by atoms with Crippen LogP contribution in [0, 0.1) is 0 Å². The van der Waals surface area contributed by atoms with Gasteiger partial charge in [0, 0.05) is 47.2 Å². The van der Waals surface area contributed by atoms with Crippen molar-refractivity contribution in [1.29, 1.82) is 0 Å². The van der Waals surface area contributed by atoms with E-state index in [1.165, 1.54) is 89.9 Å². The Morgan fingerprint density at radius 3 is 1.06 bits per heavy atom. The third-order valence-electron chi connectivity index (χ3n) is 6.03. The predicted octanol–water partition coefficient (Wildman–Crippen LogP) is 8.11. The van der Waals surface area contributed by atoms with Crippen molar-refractivity contribution in [3.63, 3.8) is 0 Å². The molecule has 0 unspecified atom stereocenters. The first kappa shape index (κ1) is 37.1. The topological polar surface area (TPSA) is 55.4 Å². The second-order valence-electron chi connectivity index (χ2n) is 8.75. The Morgan fingerprint density at radius 1 is 0.514 bits per heavy atom. The third kappa shape index (κ3) is 20.7. The zero-order chi connectivity index (χ0) is 26.7. The monoisotopic (exact) mass is 536 g/mol. The molecule has 0 aromatic carbocycles. The van der Waals surface area contributed by atoms with E-state index in [4.69, 9.17) is 26.6 Å². The molecule has 0 radical (unpaired) electrons. The third-order valence-corrected chi connectivity index (χ3v) is 11.4. The highest BCUT2D eigenvalue weighted by Gasteiger charge is 2.39. The van der Waals surface area contributed by atoms with Crippen LogP contribution in [0.5, 0.6) is 0 Å². The van der Waals surface area contributed by atoms with E-state index in [1.807, 2.05) is 20.8 Å². The molecule has 0 atom stereocenters. The largest absolute Gasteiger partial charge is 0.528 e. The summed E-state index contributed by atoms with van der Waals surface area (Å²) in [5.41, 5.74) is 1.58. The van der Waals surface area contributed by atoms with Gasteiger partial charge in [0.25, 0.3) is 0 Å². The van der Waals surface area contributed by atoms with Crippen molar-refractivity contribution in [3.8, 4) is 0 Å². The number of hydrogen-bond acceptors (Lipinski definition) is 6. The zero-order valence-electron chi connectivity index (χ0n) is 24.5. The van der Waals surface area contributed by atoms with Crippen LogP contribution in [0.4, 0.5) is 0 Å². The zero-order valence-corrected chi connectivity index (χ0v) is 26.5. The molecule has 0 N–H and O–H groups in total. The minimum absolute atomic E-state index is 0.685. The van der Waals surface area contributed by atoms with E-state index in [-0.39, 0.29) is 0 Å². The minimum Gasteiger partial charge on any atom is -0.374 e. The summed E-state index contributed by atoms with van der Waals surface area (Å²) in [4.78, 5) is 0. The molecular formula is C27H60O6Si2. The van der Waals surface area contributed by atoms with Crippen LogP contribution in [0.25, 0.3) is 0 Å². The van der Waals surface area contributed by atoms with E-state index in [0.717, 1.165) is 6.04 Å². The number of unbranched alkanes of at least 4 members (excludes halogenated alkanes) is 13. The van der Waals surface area contributed by atoms with E-state index in [0.29, 0.717) is 19.8 Å². The van der Waals surface area contributed by atoms with Crippen molar-refractivity contribution in [2.75, 3.05) is 41.2 Å². The van der Waals surface area contributed by atoms with Crippen LogP contribution in [0.3, 0.4) is 0 Å². The van der Waals surface area contributed by atoms with Gasteiger partial charge < -0.3 is 26.6 Å². The second-order valence-corrected chi connectivity index (χ2v) is 14.3. The van der Waals surface area contributed by atoms with Crippen molar-refractivity contribution < 1.29 is 26.6 Å². The lowest BCUT2D eigenvalue weighted by Gasteiger charge is -2.28. The Balaban J connectivity index is 0. The lowest BCUT2D eigenvalue weighted by molar-refractivity contribution is 0.0706. The lowest BCUT2D eigenvalue weighted by Crippen LogP contribution is -2.45. The summed E-state index contributed by atoms with van der Waals surface area (Å²) in [6.07, 6.45) is 19.4.